The molecule has 2 rings (SSSR count). The van der Waals surface area contributed by atoms with E-state index in [-0.39, 0.29) is 0 Å². The van der Waals surface area contributed by atoms with Gasteiger partial charge in [-0.1, -0.05) is 0 Å². The first-order valence-electron chi connectivity index (χ1n) is 5.67. The van der Waals surface area contributed by atoms with Crippen LogP contribution in [0.4, 0.5) is 5.69 Å². The standard InChI is InChI=1S/C13H16BrN3O/c1-9-6-11(17(2)16-9)8-15-10-4-5-12(14)13(7-10)18-3/h4-7,15H,8H2,1-3H3. The highest BCUT2D eigenvalue weighted by molar-refractivity contribution is 9.10. The summed E-state index contributed by atoms with van der Waals surface area (Å²) in [6.07, 6.45) is 0. The van der Waals surface area contributed by atoms with Crippen molar-refractivity contribution in [3.8, 4) is 5.75 Å². The fourth-order valence-electron chi connectivity index (χ4n) is 1.79. The summed E-state index contributed by atoms with van der Waals surface area (Å²) < 4.78 is 8.10. The number of halogens is 1. The topological polar surface area (TPSA) is 39.1 Å². The molecule has 0 radical (unpaired) electrons. The Bertz CT molecular complexity index is 551. The maximum atomic E-state index is 5.26. The molecular formula is C13H16BrN3O. The van der Waals surface area contributed by atoms with Gasteiger partial charge in [0.05, 0.1) is 29.5 Å². The van der Waals surface area contributed by atoms with Crippen molar-refractivity contribution in [2.75, 3.05) is 12.4 Å². The molecule has 1 heterocycles. The maximum absolute atomic E-state index is 5.26. The third-order valence-corrected chi connectivity index (χ3v) is 3.38. The Morgan fingerprint density at radius 2 is 2.17 bits per heavy atom. The average molecular weight is 310 g/mol. The first kappa shape index (κ1) is 13.0. The van der Waals surface area contributed by atoms with Crippen LogP contribution in [0.15, 0.2) is 28.7 Å². The Morgan fingerprint density at radius 1 is 1.39 bits per heavy atom. The molecule has 0 bridgehead atoms. The van der Waals surface area contributed by atoms with Crippen LogP contribution in [0.2, 0.25) is 0 Å². The van der Waals surface area contributed by atoms with E-state index in [1.165, 1.54) is 0 Å². The summed E-state index contributed by atoms with van der Waals surface area (Å²) in [5.74, 6) is 0.821. The van der Waals surface area contributed by atoms with E-state index in [0.717, 1.165) is 33.8 Å². The molecule has 96 valence electrons. The Kier molecular flexibility index (Phi) is 3.91. The minimum absolute atomic E-state index is 0.738. The van der Waals surface area contributed by atoms with E-state index in [1.54, 1.807) is 7.11 Å². The Hall–Kier alpha value is -1.49. The Labute approximate surface area is 115 Å². The lowest BCUT2D eigenvalue weighted by Gasteiger charge is -2.09. The molecule has 2 aromatic rings. The molecule has 0 atom stereocenters. The predicted octanol–water partition coefficient (Wildman–Crippen LogP) is 3.11. The smallest absolute Gasteiger partial charge is 0.135 e. The van der Waals surface area contributed by atoms with Crippen LogP contribution in [0.1, 0.15) is 11.4 Å². The Balaban J connectivity index is 2.08. The van der Waals surface area contributed by atoms with Crippen molar-refractivity contribution in [2.24, 2.45) is 7.05 Å². The van der Waals surface area contributed by atoms with E-state index < -0.39 is 0 Å². The van der Waals surface area contributed by atoms with Gasteiger partial charge in [0.1, 0.15) is 5.75 Å². The van der Waals surface area contributed by atoms with Gasteiger partial charge in [-0.25, -0.2) is 0 Å². The van der Waals surface area contributed by atoms with Gasteiger partial charge in [0, 0.05) is 18.8 Å². The zero-order valence-electron chi connectivity index (χ0n) is 10.7. The fraction of sp³-hybridized carbons (Fsp3) is 0.308. The van der Waals surface area contributed by atoms with Gasteiger partial charge < -0.3 is 10.1 Å². The summed E-state index contributed by atoms with van der Waals surface area (Å²) in [4.78, 5) is 0. The maximum Gasteiger partial charge on any atom is 0.135 e. The van der Waals surface area contributed by atoms with E-state index in [0.29, 0.717) is 0 Å². The number of hydrogen-bond donors (Lipinski definition) is 1. The van der Waals surface area contributed by atoms with Gasteiger partial charge in [0.15, 0.2) is 0 Å². The number of nitrogens with zero attached hydrogens (tertiary/aromatic N) is 2. The molecule has 0 aliphatic rings. The molecule has 0 unspecified atom stereocenters. The normalized spacial score (nSPS) is 10.4. The molecule has 5 heteroatoms. The van der Waals surface area contributed by atoms with Gasteiger partial charge in [-0.2, -0.15) is 5.10 Å². The lowest BCUT2D eigenvalue weighted by molar-refractivity contribution is 0.412. The summed E-state index contributed by atoms with van der Waals surface area (Å²) in [6.45, 7) is 2.73. The number of hydrogen-bond acceptors (Lipinski definition) is 3. The van der Waals surface area contributed by atoms with Crippen LogP contribution in [-0.2, 0) is 13.6 Å². The molecule has 0 amide bonds. The number of methoxy groups -OCH3 is 1. The first-order chi connectivity index (χ1) is 8.60. The summed E-state index contributed by atoms with van der Waals surface area (Å²) in [5, 5.41) is 7.67. The predicted molar refractivity (Wildman–Crippen MR) is 76.0 cm³/mol. The molecule has 1 N–H and O–H groups in total. The van der Waals surface area contributed by atoms with Crippen LogP contribution in [0.25, 0.3) is 0 Å². The van der Waals surface area contributed by atoms with Crippen molar-refractivity contribution >= 4 is 21.6 Å². The van der Waals surface area contributed by atoms with Gasteiger partial charge in [0.25, 0.3) is 0 Å². The van der Waals surface area contributed by atoms with Crippen molar-refractivity contribution in [2.45, 2.75) is 13.5 Å². The monoisotopic (exact) mass is 309 g/mol. The van der Waals surface area contributed by atoms with E-state index in [2.05, 4.69) is 32.4 Å². The highest BCUT2D eigenvalue weighted by Gasteiger charge is 2.04. The minimum atomic E-state index is 0.738. The number of rotatable bonds is 4. The van der Waals surface area contributed by atoms with Crippen molar-refractivity contribution in [3.63, 3.8) is 0 Å². The lowest BCUT2D eigenvalue weighted by atomic mass is 10.3. The second kappa shape index (κ2) is 5.44. The molecule has 0 spiro atoms. The average Bonchev–Trinajstić information content (AvgIpc) is 2.67. The van der Waals surface area contributed by atoms with Gasteiger partial charge in [-0.15, -0.1) is 0 Å². The third-order valence-electron chi connectivity index (χ3n) is 2.72. The molecule has 4 nitrogen and oxygen atoms in total. The quantitative estimate of drug-likeness (QED) is 0.943. The molecule has 0 fully saturated rings. The zero-order valence-corrected chi connectivity index (χ0v) is 12.3. The van der Waals surface area contributed by atoms with Crippen LogP contribution in [0.5, 0.6) is 5.75 Å². The van der Waals surface area contributed by atoms with Gasteiger partial charge in [-0.3, -0.25) is 4.68 Å². The highest BCUT2D eigenvalue weighted by atomic mass is 79.9. The summed E-state index contributed by atoms with van der Waals surface area (Å²) in [7, 11) is 3.61. The molecule has 0 saturated carbocycles. The number of benzene rings is 1. The van der Waals surface area contributed by atoms with Crippen LogP contribution < -0.4 is 10.1 Å². The zero-order chi connectivity index (χ0) is 13.1. The fourth-order valence-corrected chi connectivity index (χ4v) is 2.20. The molecule has 18 heavy (non-hydrogen) atoms. The highest BCUT2D eigenvalue weighted by Crippen LogP contribution is 2.28. The number of ether oxygens (including phenoxy) is 1. The number of aromatic nitrogens is 2. The minimum Gasteiger partial charge on any atom is -0.495 e. The third kappa shape index (κ3) is 2.85. The number of aryl methyl sites for hydroxylation is 2. The molecule has 0 aliphatic carbocycles. The van der Waals surface area contributed by atoms with E-state index in [1.807, 2.05) is 36.9 Å². The van der Waals surface area contributed by atoms with E-state index in [9.17, 15) is 0 Å². The van der Waals surface area contributed by atoms with Crippen molar-refractivity contribution in [1.29, 1.82) is 0 Å². The first-order valence-corrected chi connectivity index (χ1v) is 6.46. The second-order valence-electron chi connectivity index (χ2n) is 4.10. The summed E-state index contributed by atoms with van der Waals surface area (Å²) >= 11 is 3.43. The molecular weight excluding hydrogens is 294 g/mol. The van der Waals surface area contributed by atoms with Crippen LogP contribution in [0, 0.1) is 6.92 Å². The number of nitrogens with one attached hydrogen (secondary N) is 1. The van der Waals surface area contributed by atoms with E-state index in [4.69, 9.17) is 4.74 Å². The van der Waals surface area contributed by atoms with Crippen LogP contribution in [0.3, 0.4) is 0 Å². The summed E-state index contributed by atoms with van der Waals surface area (Å²) in [6, 6.07) is 8.02. The number of anilines is 1. The molecule has 1 aromatic carbocycles. The SMILES string of the molecule is COc1cc(NCc2cc(C)nn2C)ccc1Br. The summed E-state index contributed by atoms with van der Waals surface area (Å²) in [5.41, 5.74) is 3.20. The van der Waals surface area contributed by atoms with Crippen LogP contribution >= 0.6 is 15.9 Å². The molecule has 0 aliphatic heterocycles. The van der Waals surface area contributed by atoms with Crippen molar-refractivity contribution in [1.82, 2.24) is 9.78 Å². The van der Waals surface area contributed by atoms with Crippen LogP contribution in [-0.4, -0.2) is 16.9 Å². The molecule has 1 aromatic heterocycles. The van der Waals surface area contributed by atoms with Crippen molar-refractivity contribution in [3.05, 3.63) is 40.1 Å². The Morgan fingerprint density at radius 3 is 2.78 bits per heavy atom. The van der Waals surface area contributed by atoms with E-state index >= 15 is 0 Å². The lowest BCUT2D eigenvalue weighted by Crippen LogP contribution is -2.05. The van der Waals surface area contributed by atoms with Gasteiger partial charge >= 0.3 is 0 Å². The largest absolute Gasteiger partial charge is 0.495 e. The second-order valence-corrected chi connectivity index (χ2v) is 4.96. The van der Waals surface area contributed by atoms with Gasteiger partial charge in [-0.05, 0) is 41.1 Å². The molecule has 0 saturated heterocycles. The van der Waals surface area contributed by atoms with Crippen molar-refractivity contribution < 1.29 is 4.74 Å². The van der Waals surface area contributed by atoms with Gasteiger partial charge in [0.2, 0.25) is 0 Å².